The van der Waals surface area contributed by atoms with E-state index in [1.54, 1.807) is 12.3 Å². The van der Waals surface area contributed by atoms with Gasteiger partial charge in [0.15, 0.2) is 6.61 Å². The first kappa shape index (κ1) is 17.5. The number of carbonyl (C=O) groups is 1. The Hall–Kier alpha value is -3.34. The number of carbonyl (C=O) groups excluding carboxylic acids is 1. The summed E-state index contributed by atoms with van der Waals surface area (Å²) in [7, 11) is 2.01. The van der Waals surface area contributed by atoms with Crippen LogP contribution in [-0.4, -0.2) is 24.5 Å². The number of benzene rings is 2. The quantitative estimate of drug-likeness (QED) is 0.707. The smallest absolute Gasteiger partial charge is 0.263 e. The van der Waals surface area contributed by atoms with Crippen molar-refractivity contribution >= 4 is 17.4 Å². The van der Waals surface area contributed by atoms with Gasteiger partial charge in [0.05, 0.1) is 11.9 Å². The van der Waals surface area contributed by atoms with Gasteiger partial charge in [-0.1, -0.05) is 48.5 Å². The lowest BCUT2D eigenvalue weighted by atomic mass is 10.2. The zero-order chi connectivity index (χ0) is 18.2. The van der Waals surface area contributed by atoms with E-state index >= 15 is 0 Å². The molecule has 0 saturated carbocycles. The Labute approximate surface area is 153 Å². The summed E-state index contributed by atoms with van der Waals surface area (Å²) in [4.78, 5) is 18.4. The Kier molecular flexibility index (Phi) is 5.83. The van der Waals surface area contributed by atoms with Gasteiger partial charge < -0.3 is 15.0 Å². The monoisotopic (exact) mass is 347 g/mol. The summed E-state index contributed by atoms with van der Waals surface area (Å²) in [5.74, 6) is 0.920. The van der Waals surface area contributed by atoms with Crippen LogP contribution in [0.1, 0.15) is 5.56 Å². The normalized spacial score (nSPS) is 10.2. The molecule has 0 fully saturated rings. The van der Waals surface area contributed by atoms with Crippen LogP contribution in [0.3, 0.4) is 0 Å². The number of rotatable bonds is 7. The number of para-hydroxylation sites is 1. The highest BCUT2D eigenvalue weighted by molar-refractivity contribution is 5.91. The minimum atomic E-state index is -0.244. The minimum Gasteiger partial charge on any atom is -0.484 e. The first-order chi connectivity index (χ1) is 12.7. The number of pyridine rings is 1. The Morgan fingerprint density at radius 1 is 1.00 bits per heavy atom. The molecular weight excluding hydrogens is 326 g/mol. The number of aromatic nitrogens is 1. The summed E-state index contributed by atoms with van der Waals surface area (Å²) in [6, 6.07) is 23.2. The van der Waals surface area contributed by atoms with Crippen LogP contribution in [0.2, 0.25) is 0 Å². The van der Waals surface area contributed by atoms with Gasteiger partial charge in [0.1, 0.15) is 11.6 Å². The highest BCUT2D eigenvalue weighted by atomic mass is 16.5. The van der Waals surface area contributed by atoms with Crippen molar-refractivity contribution in [3.63, 3.8) is 0 Å². The van der Waals surface area contributed by atoms with E-state index in [-0.39, 0.29) is 12.5 Å². The molecule has 5 heteroatoms. The van der Waals surface area contributed by atoms with Gasteiger partial charge >= 0.3 is 0 Å². The fraction of sp³-hybridized carbons (Fsp3) is 0.143. The van der Waals surface area contributed by atoms with Crippen molar-refractivity contribution < 1.29 is 9.53 Å². The molecule has 0 aliphatic carbocycles. The second kappa shape index (κ2) is 8.67. The van der Waals surface area contributed by atoms with Crippen LogP contribution in [0.4, 0.5) is 11.5 Å². The molecule has 0 radical (unpaired) electrons. The molecule has 1 N–H and O–H groups in total. The number of anilines is 2. The third-order valence-electron chi connectivity index (χ3n) is 3.83. The summed E-state index contributed by atoms with van der Waals surface area (Å²) in [6.07, 6.45) is 1.75. The van der Waals surface area contributed by atoms with Crippen LogP contribution in [0.25, 0.3) is 0 Å². The fourth-order valence-electron chi connectivity index (χ4n) is 2.48. The molecule has 0 unspecified atom stereocenters. The molecule has 0 aliphatic rings. The molecular formula is C21H21N3O2. The third-order valence-corrected chi connectivity index (χ3v) is 3.83. The molecule has 0 saturated heterocycles. The maximum Gasteiger partial charge on any atom is 0.263 e. The van der Waals surface area contributed by atoms with E-state index in [4.69, 9.17) is 4.74 Å². The van der Waals surface area contributed by atoms with E-state index < -0.39 is 0 Å². The standard InChI is InChI=1S/C21H21N3O2/c1-24(15-17-8-4-2-5-9-17)18-12-13-20(22-14-18)23-21(25)16-26-19-10-6-3-7-11-19/h2-14H,15-16H2,1H3,(H,22,23,25). The lowest BCUT2D eigenvalue weighted by molar-refractivity contribution is -0.118. The van der Waals surface area contributed by atoms with E-state index in [2.05, 4.69) is 27.3 Å². The van der Waals surface area contributed by atoms with Crippen LogP contribution in [0.15, 0.2) is 79.0 Å². The van der Waals surface area contributed by atoms with Crippen LogP contribution >= 0.6 is 0 Å². The summed E-state index contributed by atoms with van der Waals surface area (Å²) < 4.78 is 5.42. The molecule has 0 aliphatic heterocycles. The average molecular weight is 347 g/mol. The molecule has 0 bridgehead atoms. The van der Waals surface area contributed by atoms with E-state index in [0.717, 1.165) is 12.2 Å². The molecule has 5 nitrogen and oxygen atoms in total. The number of nitrogens with zero attached hydrogens (tertiary/aromatic N) is 2. The first-order valence-electron chi connectivity index (χ1n) is 8.39. The van der Waals surface area contributed by atoms with Gasteiger partial charge in [-0.05, 0) is 29.8 Å². The number of nitrogens with one attached hydrogen (secondary N) is 1. The molecule has 1 aromatic heterocycles. The van der Waals surface area contributed by atoms with Gasteiger partial charge in [0, 0.05) is 13.6 Å². The van der Waals surface area contributed by atoms with E-state index in [1.165, 1.54) is 5.56 Å². The molecule has 132 valence electrons. The Bertz CT molecular complexity index is 821. The van der Waals surface area contributed by atoms with Crippen molar-refractivity contribution in [2.24, 2.45) is 0 Å². The Morgan fingerprint density at radius 3 is 2.35 bits per heavy atom. The van der Waals surface area contributed by atoms with Crippen molar-refractivity contribution in [2.45, 2.75) is 6.54 Å². The maximum absolute atomic E-state index is 12.0. The third kappa shape index (κ3) is 5.08. The summed E-state index contributed by atoms with van der Waals surface area (Å²) in [5, 5.41) is 2.73. The molecule has 1 amide bonds. The molecule has 0 atom stereocenters. The number of hydrogen-bond donors (Lipinski definition) is 1. The number of ether oxygens (including phenoxy) is 1. The number of amides is 1. The van der Waals surface area contributed by atoms with E-state index in [1.807, 2.05) is 61.6 Å². The van der Waals surface area contributed by atoms with Crippen LogP contribution in [-0.2, 0) is 11.3 Å². The molecule has 0 spiro atoms. The van der Waals surface area contributed by atoms with E-state index in [0.29, 0.717) is 11.6 Å². The Morgan fingerprint density at radius 2 is 1.69 bits per heavy atom. The van der Waals surface area contributed by atoms with Crippen molar-refractivity contribution in [1.82, 2.24) is 4.98 Å². The highest BCUT2D eigenvalue weighted by Crippen LogP contribution is 2.16. The van der Waals surface area contributed by atoms with Gasteiger partial charge in [-0.25, -0.2) is 4.98 Å². The fourth-order valence-corrected chi connectivity index (χ4v) is 2.48. The van der Waals surface area contributed by atoms with E-state index in [9.17, 15) is 4.79 Å². The zero-order valence-electron chi connectivity index (χ0n) is 14.6. The van der Waals surface area contributed by atoms with Gasteiger partial charge in [-0.2, -0.15) is 0 Å². The number of hydrogen-bond acceptors (Lipinski definition) is 4. The first-order valence-corrected chi connectivity index (χ1v) is 8.39. The largest absolute Gasteiger partial charge is 0.484 e. The SMILES string of the molecule is CN(Cc1ccccc1)c1ccc(NC(=O)COc2ccccc2)nc1. The Balaban J connectivity index is 1.51. The summed E-state index contributed by atoms with van der Waals surface area (Å²) in [5.41, 5.74) is 2.21. The van der Waals surface area contributed by atoms with Gasteiger partial charge in [-0.15, -0.1) is 0 Å². The second-order valence-electron chi connectivity index (χ2n) is 5.89. The van der Waals surface area contributed by atoms with Crippen LogP contribution in [0, 0.1) is 0 Å². The molecule has 3 rings (SSSR count). The van der Waals surface area contributed by atoms with Gasteiger partial charge in [0.2, 0.25) is 0 Å². The zero-order valence-corrected chi connectivity index (χ0v) is 14.6. The van der Waals surface area contributed by atoms with Gasteiger partial charge in [-0.3, -0.25) is 4.79 Å². The molecule has 2 aromatic carbocycles. The predicted octanol–water partition coefficient (Wildman–Crippen LogP) is 3.74. The summed E-state index contributed by atoms with van der Waals surface area (Å²) >= 11 is 0. The lowest BCUT2D eigenvalue weighted by Crippen LogP contribution is -2.21. The summed E-state index contributed by atoms with van der Waals surface area (Å²) in [6.45, 7) is 0.737. The predicted molar refractivity (Wildman–Crippen MR) is 103 cm³/mol. The second-order valence-corrected chi connectivity index (χ2v) is 5.89. The van der Waals surface area contributed by atoms with Crippen molar-refractivity contribution in [3.05, 3.63) is 84.6 Å². The average Bonchev–Trinajstić information content (AvgIpc) is 2.68. The van der Waals surface area contributed by atoms with Crippen molar-refractivity contribution in [2.75, 3.05) is 23.9 Å². The molecule has 1 heterocycles. The van der Waals surface area contributed by atoms with Gasteiger partial charge in [0.25, 0.3) is 5.91 Å². The topological polar surface area (TPSA) is 54.5 Å². The molecule has 26 heavy (non-hydrogen) atoms. The molecule has 3 aromatic rings. The van der Waals surface area contributed by atoms with Crippen LogP contribution in [0.5, 0.6) is 5.75 Å². The van der Waals surface area contributed by atoms with Crippen molar-refractivity contribution in [1.29, 1.82) is 0 Å². The lowest BCUT2D eigenvalue weighted by Gasteiger charge is -2.19. The van der Waals surface area contributed by atoms with Crippen LogP contribution < -0.4 is 15.0 Å². The highest BCUT2D eigenvalue weighted by Gasteiger charge is 2.06. The van der Waals surface area contributed by atoms with Crippen molar-refractivity contribution in [3.8, 4) is 5.75 Å². The maximum atomic E-state index is 12.0. The minimum absolute atomic E-state index is 0.0542.